The summed E-state index contributed by atoms with van der Waals surface area (Å²) in [4.78, 5) is 0. The molecule has 2 aliphatic carbocycles. The molecule has 2 aliphatic rings. The standard InChI is InChI=1S/C28H28P2.2C15H9.2Au/c1-5-15-25(16-6-1)29(26-17-7-2-8-18-26)23-13-14-24-30(27-19-9-3-10-20-27)28-21-11-4-12-22-28;1-2-11-7-8-15-13(9-11)10-12-5-3-4-6-14(12)15;1-2-11-7-8-13-10-12-5-3-4-6-14(12)15(13)9-11;;/h1-12,15-22H,13-14,23-24H2;2*3-9H,10H2;;/q;2*-1;2*+1/p+2. The minimum absolute atomic E-state index is 0. The van der Waals surface area contributed by atoms with Crippen molar-refractivity contribution in [3.8, 4) is 34.1 Å². The number of benzene rings is 8. The van der Waals surface area contributed by atoms with Gasteiger partial charge in [-0.25, -0.2) is 0 Å². The van der Waals surface area contributed by atoms with Crippen molar-refractivity contribution < 1.29 is 44.8 Å². The van der Waals surface area contributed by atoms with Crippen molar-refractivity contribution in [2.75, 3.05) is 12.3 Å². The van der Waals surface area contributed by atoms with Crippen LogP contribution in [0.1, 0.15) is 46.2 Å². The maximum absolute atomic E-state index is 7.14. The summed E-state index contributed by atoms with van der Waals surface area (Å²) in [6.07, 6.45) is 21.5. The molecule has 0 atom stereocenters. The van der Waals surface area contributed by atoms with E-state index in [0.717, 1.165) is 24.0 Å². The largest absolute Gasteiger partial charge is 1.00 e. The van der Waals surface area contributed by atoms with E-state index in [4.69, 9.17) is 12.8 Å². The van der Waals surface area contributed by atoms with Gasteiger partial charge in [0.05, 0.1) is 49.4 Å². The number of hydrogen-bond acceptors (Lipinski definition) is 0. The predicted octanol–water partition coefficient (Wildman–Crippen LogP) is 11.9. The van der Waals surface area contributed by atoms with Crippen molar-refractivity contribution in [3.05, 3.63) is 252 Å². The van der Waals surface area contributed by atoms with Gasteiger partial charge in [-0.05, 0) is 113 Å². The molecule has 8 aromatic rings. The smallest absolute Gasteiger partial charge is 0.366 e. The summed E-state index contributed by atoms with van der Waals surface area (Å²) in [7, 11) is -1.43. The van der Waals surface area contributed by atoms with Gasteiger partial charge in [-0.1, -0.05) is 139 Å². The zero-order valence-corrected chi connectivity index (χ0v) is 40.8. The summed E-state index contributed by atoms with van der Waals surface area (Å²) in [6, 6.07) is 73.8. The molecule has 0 N–H and O–H groups in total. The molecule has 0 heterocycles. The second kappa shape index (κ2) is 23.6. The first-order chi connectivity index (χ1) is 29.7. The molecule has 0 bridgehead atoms. The Kier molecular flexibility index (Phi) is 17.8. The maximum Gasteiger partial charge on any atom is 1.00 e. The summed E-state index contributed by atoms with van der Waals surface area (Å²) >= 11 is 0. The van der Waals surface area contributed by atoms with E-state index < -0.39 is 15.8 Å². The zero-order valence-electron chi connectivity index (χ0n) is 34.5. The fraction of sp³-hybridized carbons (Fsp3) is 0.103. The van der Waals surface area contributed by atoms with Gasteiger partial charge in [0, 0.05) is 0 Å². The van der Waals surface area contributed by atoms with Gasteiger partial charge in [0.1, 0.15) is 0 Å². The summed E-state index contributed by atoms with van der Waals surface area (Å²) in [5, 5.41) is 6.13. The van der Waals surface area contributed by atoms with Gasteiger partial charge in [0.15, 0.2) is 0 Å². The van der Waals surface area contributed by atoms with Crippen molar-refractivity contribution in [1.29, 1.82) is 0 Å². The average molecular weight is 1200 g/mol. The third kappa shape index (κ3) is 11.6. The van der Waals surface area contributed by atoms with Gasteiger partial charge in [-0.3, -0.25) is 11.8 Å². The van der Waals surface area contributed by atoms with Crippen LogP contribution >= 0.6 is 15.8 Å². The minimum Gasteiger partial charge on any atom is -0.366 e. The van der Waals surface area contributed by atoms with Gasteiger partial charge >= 0.3 is 44.8 Å². The molecular weight excluding hydrogens is 1150 g/mol. The van der Waals surface area contributed by atoms with Crippen molar-refractivity contribution in [3.63, 3.8) is 0 Å². The van der Waals surface area contributed by atoms with Crippen LogP contribution in [-0.2, 0) is 57.6 Å². The van der Waals surface area contributed by atoms with Crippen LogP contribution < -0.4 is 21.2 Å². The van der Waals surface area contributed by atoms with E-state index in [1.165, 1.54) is 90.9 Å². The molecule has 0 spiro atoms. The quantitative estimate of drug-likeness (QED) is 0.0444. The van der Waals surface area contributed by atoms with E-state index in [0.29, 0.717) is 0 Å². The van der Waals surface area contributed by atoms with E-state index in [9.17, 15) is 0 Å². The molecule has 10 rings (SSSR count). The molecule has 62 heavy (non-hydrogen) atoms. The van der Waals surface area contributed by atoms with Crippen molar-refractivity contribution in [2.45, 2.75) is 25.7 Å². The van der Waals surface area contributed by atoms with E-state index in [1.54, 1.807) is 0 Å². The van der Waals surface area contributed by atoms with Crippen LogP contribution in [-0.4, -0.2) is 12.3 Å². The summed E-state index contributed by atoms with van der Waals surface area (Å²) in [5.74, 6) is 4.87. The Morgan fingerprint density at radius 1 is 0.339 bits per heavy atom. The number of fused-ring (bicyclic) bond motifs is 6. The Bertz CT molecular complexity index is 2570. The van der Waals surface area contributed by atoms with Gasteiger partial charge in [0.2, 0.25) is 0 Å². The first-order valence-corrected chi connectivity index (χ1v) is 24.3. The summed E-state index contributed by atoms with van der Waals surface area (Å²) < 4.78 is 0. The van der Waals surface area contributed by atoms with Crippen LogP contribution in [0.4, 0.5) is 0 Å². The first kappa shape index (κ1) is 46.7. The normalized spacial score (nSPS) is 11.0. The fourth-order valence-electron chi connectivity index (χ4n) is 8.50. The summed E-state index contributed by atoms with van der Waals surface area (Å²) in [5.41, 5.74) is 12.4. The topological polar surface area (TPSA) is 0 Å². The number of rotatable bonds is 9. The first-order valence-electron chi connectivity index (χ1n) is 20.9. The molecule has 0 aliphatic heterocycles. The number of unbranched alkanes of at least 4 members (excludes halogenated alkanes) is 1. The third-order valence-corrected chi connectivity index (χ3v) is 17.3. The van der Waals surface area contributed by atoms with Crippen LogP contribution in [0.2, 0.25) is 0 Å². The van der Waals surface area contributed by atoms with E-state index >= 15 is 0 Å². The van der Waals surface area contributed by atoms with Gasteiger partial charge in [0.25, 0.3) is 0 Å². The van der Waals surface area contributed by atoms with Crippen LogP contribution in [0.15, 0.2) is 206 Å². The molecule has 0 nitrogen and oxygen atoms in total. The van der Waals surface area contributed by atoms with Gasteiger partial charge in [-0.15, -0.1) is 35.4 Å². The minimum atomic E-state index is -0.714. The van der Waals surface area contributed by atoms with Crippen LogP contribution in [0.3, 0.4) is 0 Å². The zero-order chi connectivity index (χ0) is 40.9. The Balaban J connectivity index is 0.000000168. The molecule has 0 fully saturated rings. The van der Waals surface area contributed by atoms with Crippen molar-refractivity contribution >= 4 is 37.1 Å². The van der Waals surface area contributed by atoms with Crippen LogP contribution in [0, 0.1) is 24.7 Å². The van der Waals surface area contributed by atoms with Gasteiger partial charge < -0.3 is 12.8 Å². The van der Waals surface area contributed by atoms with E-state index in [1.807, 2.05) is 18.2 Å². The van der Waals surface area contributed by atoms with E-state index in [-0.39, 0.29) is 44.8 Å². The van der Waals surface area contributed by atoms with Crippen molar-refractivity contribution in [1.82, 2.24) is 0 Å². The Labute approximate surface area is 403 Å². The molecule has 0 unspecified atom stereocenters. The average Bonchev–Trinajstić information content (AvgIpc) is 3.89. The molecular formula is C58H48Au2P2+2. The van der Waals surface area contributed by atoms with E-state index in [2.05, 4.69) is 200 Å². The Hall–Kier alpha value is -4.78. The second-order valence-electron chi connectivity index (χ2n) is 15.3. The molecule has 0 saturated heterocycles. The molecule has 0 saturated carbocycles. The summed E-state index contributed by atoms with van der Waals surface area (Å²) in [6.45, 7) is 0. The van der Waals surface area contributed by atoms with Gasteiger partial charge in [-0.2, -0.15) is 0 Å². The second-order valence-corrected chi connectivity index (χ2v) is 20.5. The van der Waals surface area contributed by atoms with Crippen LogP contribution in [0.5, 0.6) is 0 Å². The molecule has 0 amide bonds. The molecule has 8 aromatic carbocycles. The SMILES string of the molecule is [Au+].[Au+].[C-]#Cc1ccc2c(c1)-c1ccccc1C2.[C-]#Cc1ccc2c(c1)Cc1ccccc1-2.c1ccc([PH+](CCCC[PH+](c2ccccc2)c2ccccc2)c2ccccc2)cc1. The number of hydrogen-bond donors (Lipinski definition) is 0. The Morgan fingerprint density at radius 3 is 1.13 bits per heavy atom. The Morgan fingerprint density at radius 2 is 0.677 bits per heavy atom. The molecule has 0 aromatic heterocycles. The monoisotopic (exact) mass is 1200 g/mol. The third-order valence-electron chi connectivity index (χ3n) is 11.5. The fourth-order valence-corrected chi connectivity index (χ4v) is 13.9. The predicted molar refractivity (Wildman–Crippen MR) is 262 cm³/mol. The van der Waals surface area contributed by atoms with Crippen molar-refractivity contribution in [2.24, 2.45) is 0 Å². The van der Waals surface area contributed by atoms with Crippen LogP contribution in [0.25, 0.3) is 22.3 Å². The maximum atomic E-state index is 7.14. The molecule has 4 heteroatoms. The molecule has 0 radical (unpaired) electrons. The molecule has 310 valence electrons.